The molecule has 2 aliphatic carbocycles. The summed E-state index contributed by atoms with van der Waals surface area (Å²) in [5.41, 5.74) is 1.07. The van der Waals surface area contributed by atoms with E-state index in [0.29, 0.717) is 0 Å². The van der Waals surface area contributed by atoms with Crippen LogP contribution in [0.2, 0.25) is 0 Å². The molecular formula is C12H16O2. The highest BCUT2D eigenvalue weighted by atomic mass is 16.8. The molecule has 2 nitrogen and oxygen atoms in total. The molecule has 1 spiro atoms. The van der Waals surface area contributed by atoms with Crippen molar-refractivity contribution in [1.82, 2.24) is 0 Å². The Morgan fingerprint density at radius 2 is 2.00 bits per heavy atom. The minimum atomic E-state index is -0.263. The molecule has 2 heteroatoms. The second-order valence-electron chi connectivity index (χ2n) is 4.53. The normalized spacial score (nSPS) is 39.3. The van der Waals surface area contributed by atoms with Crippen molar-refractivity contribution in [3.8, 4) is 0 Å². The summed E-state index contributed by atoms with van der Waals surface area (Å²) in [6.45, 7) is 3.98. The van der Waals surface area contributed by atoms with Crippen LogP contribution < -0.4 is 0 Å². The van der Waals surface area contributed by atoms with Gasteiger partial charge in [0.2, 0.25) is 0 Å². The highest BCUT2D eigenvalue weighted by molar-refractivity contribution is 5.32. The molecule has 0 aromatic carbocycles. The molecule has 14 heavy (non-hydrogen) atoms. The number of fused-ring (bicyclic) bond motifs is 1. The van der Waals surface area contributed by atoms with E-state index in [1.165, 1.54) is 19.3 Å². The third kappa shape index (κ3) is 1.17. The van der Waals surface area contributed by atoms with E-state index < -0.39 is 0 Å². The summed E-state index contributed by atoms with van der Waals surface area (Å²) in [5.74, 6) is -0.263. The molecule has 2 fully saturated rings. The summed E-state index contributed by atoms with van der Waals surface area (Å²) in [6, 6.07) is 0. The van der Waals surface area contributed by atoms with Crippen LogP contribution in [0.1, 0.15) is 32.1 Å². The maximum absolute atomic E-state index is 6.04. The Balaban J connectivity index is 1.80. The van der Waals surface area contributed by atoms with E-state index in [4.69, 9.17) is 9.47 Å². The van der Waals surface area contributed by atoms with Gasteiger partial charge >= 0.3 is 0 Å². The van der Waals surface area contributed by atoms with Crippen molar-refractivity contribution in [3.05, 3.63) is 24.3 Å². The molecule has 3 rings (SSSR count). The quantitative estimate of drug-likeness (QED) is 0.587. The second kappa shape index (κ2) is 2.94. The van der Waals surface area contributed by atoms with Crippen LogP contribution >= 0.6 is 0 Å². The molecular weight excluding hydrogens is 176 g/mol. The minimum Gasteiger partial charge on any atom is -0.340 e. The van der Waals surface area contributed by atoms with E-state index in [1.807, 2.05) is 6.08 Å². The van der Waals surface area contributed by atoms with Gasteiger partial charge in [-0.3, -0.25) is 0 Å². The van der Waals surface area contributed by atoms with Crippen molar-refractivity contribution in [2.45, 2.75) is 50.1 Å². The molecule has 0 bridgehead atoms. The van der Waals surface area contributed by atoms with Crippen molar-refractivity contribution in [3.63, 3.8) is 0 Å². The van der Waals surface area contributed by atoms with Gasteiger partial charge in [0.25, 0.3) is 0 Å². The van der Waals surface area contributed by atoms with Crippen LogP contribution in [0.4, 0.5) is 0 Å². The maximum atomic E-state index is 6.04. The monoisotopic (exact) mass is 192 g/mol. The van der Waals surface area contributed by atoms with Crippen molar-refractivity contribution in [2.24, 2.45) is 0 Å². The Labute approximate surface area is 84.6 Å². The average Bonchev–Trinajstić information content (AvgIpc) is 2.68. The zero-order chi connectivity index (χ0) is 9.60. The molecule has 0 radical (unpaired) electrons. The summed E-state index contributed by atoms with van der Waals surface area (Å²) in [6.07, 6.45) is 10.2. The van der Waals surface area contributed by atoms with Gasteiger partial charge in [0.05, 0.1) is 0 Å². The van der Waals surface area contributed by atoms with E-state index in [0.717, 1.165) is 18.4 Å². The maximum Gasteiger partial charge on any atom is 0.170 e. The Kier molecular flexibility index (Phi) is 1.83. The molecule has 0 aromatic heterocycles. The lowest BCUT2D eigenvalue weighted by Crippen LogP contribution is -2.33. The molecule has 2 atom stereocenters. The number of hydrogen-bond acceptors (Lipinski definition) is 2. The smallest absolute Gasteiger partial charge is 0.170 e. The molecule has 1 saturated carbocycles. The van der Waals surface area contributed by atoms with Gasteiger partial charge in [0.15, 0.2) is 5.79 Å². The van der Waals surface area contributed by atoms with E-state index in [2.05, 4.69) is 12.7 Å². The van der Waals surface area contributed by atoms with Gasteiger partial charge < -0.3 is 9.47 Å². The largest absolute Gasteiger partial charge is 0.340 e. The summed E-state index contributed by atoms with van der Waals surface area (Å²) < 4.78 is 12.1. The van der Waals surface area contributed by atoms with E-state index in [9.17, 15) is 0 Å². The van der Waals surface area contributed by atoms with E-state index in [-0.39, 0.29) is 18.0 Å². The van der Waals surface area contributed by atoms with Gasteiger partial charge in [0, 0.05) is 12.8 Å². The molecule has 0 aromatic rings. The summed E-state index contributed by atoms with van der Waals surface area (Å²) in [7, 11) is 0. The lowest BCUT2D eigenvalue weighted by atomic mass is 9.94. The van der Waals surface area contributed by atoms with Crippen LogP contribution in [-0.4, -0.2) is 18.0 Å². The first-order valence-electron chi connectivity index (χ1n) is 5.52. The zero-order valence-electron chi connectivity index (χ0n) is 8.37. The first kappa shape index (κ1) is 8.69. The van der Waals surface area contributed by atoms with Crippen LogP contribution in [0.5, 0.6) is 0 Å². The highest BCUT2D eigenvalue weighted by Gasteiger charge is 2.49. The highest BCUT2D eigenvalue weighted by Crippen LogP contribution is 2.44. The average molecular weight is 192 g/mol. The van der Waals surface area contributed by atoms with Crippen LogP contribution in [-0.2, 0) is 9.47 Å². The molecule has 1 aliphatic heterocycles. The van der Waals surface area contributed by atoms with Crippen LogP contribution in [0.3, 0.4) is 0 Å². The summed E-state index contributed by atoms with van der Waals surface area (Å²) in [5, 5.41) is 0. The first-order chi connectivity index (χ1) is 6.79. The molecule has 2 unspecified atom stereocenters. The van der Waals surface area contributed by atoms with Crippen molar-refractivity contribution in [2.75, 3.05) is 0 Å². The fourth-order valence-electron chi connectivity index (χ4n) is 2.70. The number of hydrogen-bond donors (Lipinski definition) is 0. The van der Waals surface area contributed by atoms with Gasteiger partial charge in [-0.25, -0.2) is 0 Å². The Morgan fingerprint density at radius 3 is 2.71 bits per heavy atom. The Hall–Kier alpha value is -0.600. The fourth-order valence-corrected chi connectivity index (χ4v) is 2.70. The second-order valence-corrected chi connectivity index (χ2v) is 4.53. The lowest BCUT2D eigenvalue weighted by molar-refractivity contribution is -0.189. The fraction of sp³-hybridized carbons (Fsp3) is 0.667. The van der Waals surface area contributed by atoms with Gasteiger partial charge in [-0.1, -0.05) is 25.2 Å². The molecule has 1 saturated heterocycles. The third-order valence-electron chi connectivity index (χ3n) is 3.47. The molecule has 3 aliphatic rings. The molecule has 0 amide bonds. The van der Waals surface area contributed by atoms with Crippen LogP contribution in [0.15, 0.2) is 24.3 Å². The summed E-state index contributed by atoms with van der Waals surface area (Å²) in [4.78, 5) is 0. The van der Waals surface area contributed by atoms with Gasteiger partial charge in [-0.2, -0.15) is 0 Å². The van der Waals surface area contributed by atoms with Gasteiger partial charge in [-0.05, 0) is 18.4 Å². The SMILES string of the molecule is C=C1C=CC2OC3(CCCCC3)OC12. The molecule has 0 N–H and O–H groups in total. The predicted molar refractivity (Wildman–Crippen MR) is 53.8 cm³/mol. The standard InChI is InChI=1S/C12H16O2/c1-9-5-6-10-11(9)14-12(13-10)7-3-2-4-8-12/h5-6,10-11H,1-4,7-8H2. The van der Waals surface area contributed by atoms with Crippen LogP contribution in [0, 0.1) is 0 Å². The number of rotatable bonds is 0. The molecule has 1 heterocycles. The summed E-state index contributed by atoms with van der Waals surface area (Å²) >= 11 is 0. The van der Waals surface area contributed by atoms with E-state index in [1.54, 1.807) is 0 Å². The Morgan fingerprint density at radius 1 is 1.21 bits per heavy atom. The lowest BCUT2D eigenvalue weighted by Gasteiger charge is -2.32. The van der Waals surface area contributed by atoms with Crippen molar-refractivity contribution < 1.29 is 9.47 Å². The molecule has 76 valence electrons. The van der Waals surface area contributed by atoms with Crippen LogP contribution in [0.25, 0.3) is 0 Å². The third-order valence-corrected chi connectivity index (χ3v) is 3.47. The first-order valence-corrected chi connectivity index (χ1v) is 5.52. The van der Waals surface area contributed by atoms with Gasteiger partial charge in [-0.15, -0.1) is 0 Å². The topological polar surface area (TPSA) is 18.5 Å². The zero-order valence-corrected chi connectivity index (χ0v) is 8.37. The van der Waals surface area contributed by atoms with Gasteiger partial charge in [0.1, 0.15) is 12.2 Å². The predicted octanol–water partition coefficient (Wildman–Crippen LogP) is 2.56. The Bertz CT molecular complexity index is 287. The van der Waals surface area contributed by atoms with Crippen molar-refractivity contribution >= 4 is 0 Å². The van der Waals surface area contributed by atoms with Crippen molar-refractivity contribution in [1.29, 1.82) is 0 Å². The number of ether oxygens (including phenoxy) is 2. The van der Waals surface area contributed by atoms with E-state index >= 15 is 0 Å². The minimum absolute atomic E-state index is 0.105.